The maximum absolute atomic E-state index is 14.1. The van der Waals surface area contributed by atoms with Crippen molar-refractivity contribution in [3.05, 3.63) is 112 Å². The summed E-state index contributed by atoms with van der Waals surface area (Å²) in [5.41, 5.74) is 5.10. The molecule has 0 radical (unpaired) electrons. The Morgan fingerprint density at radius 3 is 1.36 bits per heavy atom. The molecule has 4 aliphatic rings. The van der Waals surface area contributed by atoms with Gasteiger partial charge >= 0.3 is 14.2 Å². The summed E-state index contributed by atoms with van der Waals surface area (Å²) in [6.07, 6.45) is 5.97. The van der Waals surface area contributed by atoms with Crippen molar-refractivity contribution in [2.24, 2.45) is 23.7 Å². The minimum absolute atomic E-state index is 0.0893. The summed E-state index contributed by atoms with van der Waals surface area (Å²) in [5.74, 6) is 1.13. The first kappa shape index (κ1) is 68.2. The predicted octanol–water partition coefficient (Wildman–Crippen LogP) is 9.46. The van der Waals surface area contributed by atoms with E-state index in [0.29, 0.717) is 74.5 Å². The number of hydrogen-bond donors (Lipinski definition) is 4. The number of nitrogens with zero attached hydrogens (tertiary/aromatic N) is 1. The van der Waals surface area contributed by atoms with E-state index in [1.165, 1.54) is 5.56 Å². The Labute approximate surface area is 519 Å². The minimum Gasteiger partial charge on any atom is -0.497 e. The number of ether oxygens (including phenoxy) is 4. The molecule has 0 bridgehead atoms. The number of carbonyl (C=O) groups excluding carboxylic acids is 4. The fourth-order valence-electron chi connectivity index (χ4n) is 12.1. The van der Waals surface area contributed by atoms with Gasteiger partial charge in [-0.1, -0.05) is 94.4 Å². The highest BCUT2D eigenvalue weighted by Crippen LogP contribution is 2.52. The van der Waals surface area contributed by atoms with Crippen LogP contribution in [0.3, 0.4) is 0 Å². The summed E-state index contributed by atoms with van der Waals surface area (Å²) in [6, 6.07) is 24.1. The number of nitrogens with one attached hydrogen (secondary N) is 4. The van der Waals surface area contributed by atoms with Crippen LogP contribution in [-0.4, -0.2) is 127 Å². The second-order valence-electron chi connectivity index (χ2n) is 27.1. The number of amides is 4. The molecule has 2 aliphatic heterocycles. The van der Waals surface area contributed by atoms with Crippen LogP contribution in [0.5, 0.6) is 23.0 Å². The van der Waals surface area contributed by atoms with Crippen LogP contribution in [-0.2, 0) is 76.3 Å². The fraction of sp³-hybridized carbons (Fsp3) is 0.588. The Morgan fingerprint density at radius 2 is 0.954 bits per heavy atom. The number of methoxy groups -OCH3 is 4. The van der Waals surface area contributed by atoms with Crippen LogP contribution in [0.4, 0.5) is 5.69 Å². The third kappa shape index (κ3) is 16.5. The van der Waals surface area contributed by atoms with E-state index in [4.69, 9.17) is 37.6 Å². The van der Waals surface area contributed by atoms with E-state index in [1.54, 1.807) is 28.4 Å². The van der Waals surface area contributed by atoms with Gasteiger partial charge in [-0.25, -0.2) is 0 Å². The molecule has 0 spiro atoms. The fourth-order valence-corrected chi connectivity index (χ4v) is 12.1. The number of rotatable bonds is 23. The van der Waals surface area contributed by atoms with Gasteiger partial charge < -0.3 is 63.7 Å². The standard InChI is InChI=1S/C36H54BN3O7.C32H45BN2O5/c1-22(2)19-28(37-46-35(3,4)36(5,6)47-37)39-34(42)27(20-23-15-13-12-14-16-23)38-33(41)24-17-18-25-26(21-24)29(40(7)8)31(44-10)32(45-11)30(25)43-9;1-21(2)17-28(33-39-31(3,4)32(5,6)40-33)35-30(37)27(18-22-11-9-8-10-12-22)34-29(36)25-14-13-24-20-26(38-7)16-15-23(24)19-25/h12-16,22,24,27-28H,17-21H2,1-11H3,(H,38,41)(H,39,42);8-12,15-16,20-21,25,27-28H,13-14,17-19H2,1-7H3,(H,34,36)(H,35,37)/t24?,27-,28-;25?,27-,28-/m00/s1. The lowest BCUT2D eigenvalue weighted by Gasteiger charge is -2.33. The smallest absolute Gasteiger partial charge is 0.481 e. The number of fused-ring (bicyclic) bond motifs is 2. The van der Waals surface area contributed by atoms with Gasteiger partial charge in [0.15, 0.2) is 11.5 Å². The number of hydrogen-bond acceptors (Lipinski definition) is 13. The molecule has 2 aliphatic carbocycles. The summed E-state index contributed by atoms with van der Waals surface area (Å²) in [6.45, 7) is 24.5. The van der Waals surface area contributed by atoms with Gasteiger partial charge in [-0.2, -0.15) is 0 Å². The average Bonchev–Trinajstić information content (AvgIpc) is 1.10. The van der Waals surface area contributed by atoms with Crippen molar-refractivity contribution in [3.8, 4) is 23.0 Å². The van der Waals surface area contributed by atoms with Crippen molar-refractivity contribution in [3.63, 3.8) is 0 Å². The van der Waals surface area contributed by atoms with Gasteiger partial charge in [0.1, 0.15) is 17.8 Å². The zero-order valence-electron chi connectivity index (χ0n) is 55.2. The van der Waals surface area contributed by atoms with E-state index in [0.717, 1.165) is 52.1 Å². The molecule has 4 amide bonds. The van der Waals surface area contributed by atoms with Crippen LogP contribution in [0.1, 0.15) is 142 Å². The van der Waals surface area contributed by atoms with Crippen molar-refractivity contribution in [2.75, 3.05) is 47.4 Å². The predicted molar refractivity (Wildman–Crippen MR) is 344 cm³/mol. The Hall–Kier alpha value is -6.27. The van der Waals surface area contributed by atoms with Crippen LogP contribution >= 0.6 is 0 Å². The largest absolute Gasteiger partial charge is 0.497 e. The molecule has 8 rings (SSSR count). The molecule has 2 unspecified atom stereocenters. The van der Waals surface area contributed by atoms with E-state index in [2.05, 4.69) is 55.0 Å². The summed E-state index contributed by atoms with van der Waals surface area (Å²) in [4.78, 5) is 57.6. The lowest BCUT2D eigenvalue weighted by Crippen LogP contribution is -2.56. The second kappa shape index (κ2) is 28.9. The Kier molecular flexibility index (Phi) is 22.7. The molecule has 0 saturated carbocycles. The molecule has 6 atom stereocenters. The zero-order chi connectivity index (χ0) is 63.8. The summed E-state index contributed by atoms with van der Waals surface area (Å²) in [7, 11) is 9.19. The first-order valence-corrected chi connectivity index (χ1v) is 31.2. The molecule has 2 fully saturated rings. The van der Waals surface area contributed by atoms with Crippen LogP contribution in [0.15, 0.2) is 78.9 Å². The van der Waals surface area contributed by atoms with Gasteiger partial charge in [-0.05, 0) is 159 Å². The van der Waals surface area contributed by atoms with Crippen LogP contribution in [0.2, 0.25) is 0 Å². The van der Waals surface area contributed by atoms with Crippen LogP contribution < -0.4 is 45.1 Å². The van der Waals surface area contributed by atoms with E-state index in [9.17, 15) is 19.2 Å². The SMILES string of the molecule is COc1c2c(c(N(C)C)c(OC)c1OC)CC(C(=O)N[C@@H](Cc1ccccc1)C(=O)N[C@@H](CC(C)C)B1OC(C)(C)C(C)(C)O1)CC2.COc1ccc2c(c1)CCC(C(=O)N[C@@H](Cc1ccccc1)C(=O)N[C@@H](CC(C)C)B1OC(C)(C)C(C)(C)O1)C2. The summed E-state index contributed by atoms with van der Waals surface area (Å²) in [5, 5.41) is 12.7. The normalized spacial score (nSPS) is 20.1. The first-order valence-electron chi connectivity index (χ1n) is 31.2. The molecule has 87 heavy (non-hydrogen) atoms. The molecular weight excluding hydrogens is 1100 g/mol. The third-order valence-electron chi connectivity index (χ3n) is 18.3. The lowest BCUT2D eigenvalue weighted by atomic mass is 9.73. The Morgan fingerprint density at radius 1 is 0.529 bits per heavy atom. The molecule has 474 valence electrons. The van der Waals surface area contributed by atoms with Crippen molar-refractivity contribution in [1.29, 1.82) is 0 Å². The molecule has 0 aromatic heterocycles. The third-order valence-corrected chi connectivity index (χ3v) is 18.3. The monoisotopic (exact) mass is 1200 g/mol. The van der Waals surface area contributed by atoms with E-state index in [1.807, 2.05) is 147 Å². The van der Waals surface area contributed by atoms with Gasteiger partial charge in [0.05, 0.1) is 68.4 Å². The highest BCUT2D eigenvalue weighted by molar-refractivity contribution is 6.48. The van der Waals surface area contributed by atoms with Crippen molar-refractivity contribution in [1.82, 2.24) is 21.3 Å². The lowest BCUT2D eigenvalue weighted by molar-refractivity contribution is -0.131. The molecule has 4 aromatic carbocycles. The molecular formula is C68H99B2N5O12. The first-order chi connectivity index (χ1) is 41.0. The number of carbonyl (C=O) groups is 4. The van der Waals surface area contributed by atoms with Gasteiger partial charge in [0.25, 0.3) is 0 Å². The minimum atomic E-state index is -0.795. The molecule has 4 aromatic rings. The van der Waals surface area contributed by atoms with Gasteiger partial charge in [0, 0.05) is 44.3 Å². The molecule has 4 N–H and O–H groups in total. The van der Waals surface area contributed by atoms with Crippen LogP contribution in [0, 0.1) is 23.7 Å². The summed E-state index contributed by atoms with van der Waals surface area (Å²) < 4.78 is 48.1. The topological polar surface area (TPSA) is 193 Å². The maximum Gasteiger partial charge on any atom is 0.481 e. The summed E-state index contributed by atoms with van der Waals surface area (Å²) >= 11 is 0. The zero-order valence-corrected chi connectivity index (χ0v) is 55.2. The number of aryl methyl sites for hydroxylation is 1. The molecule has 17 nitrogen and oxygen atoms in total. The average molecular weight is 1200 g/mol. The van der Waals surface area contributed by atoms with Gasteiger partial charge in [0.2, 0.25) is 29.4 Å². The quantitative estimate of drug-likeness (QED) is 0.0514. The molecule has 2 heterocycles. The van der Waals surface area contributed by atoms with Crippen molar-refractivity contribution in [2.45, 2.75) is 194 Å². The highest BCUT2D eigenvalue weighted by atomic mass is 16.7. The van der Waals surface area contributed by atoms with Gasteiger partial charge in [-0.15, -0.1) is 0 Å². The van der Waals surface area contributed by atoms with E-state index < -0.39 is 54.7 Å². The van der Waals surface area contributed by atoms with Crippen molar-refractivity contribution < 1.29 is 56.7 Å². The van der Waals surface area contributed by atoms with Crippen molar-refractivity contribution >= 4 is 43.6 Å². The molecule has 19 heteroatoms. The number of benzene rings is 4. The number of anilines is 1. The van der Waals surface area contributed by atoms with E-state index >= 15 is 0 Å². The highest BCUT2D eigenvalue weighted by Gasteiger charge is 2.56. The Balaban J connectivity index is 0.000000252. The van der Waals surface area contributed by atoms with E-state index in [-0.39, 0.29) is 47.3 Å². The molecule has 2 saturated heterocycles. The van der Waals surface area contributed by atoms with Crippen LogP contribution in [0.25, 0.3) is 0 Å². The maximum atomic E-state index is 14.1. The second-order valence-corrected chi connectivity index (χ2v) is 27.1. The Bertz CT molecular complexity index is 2960. The van der Waals surface area contributed by atoms with Gasteiger partial charge in [-0.3, -0.25) is 19.2 Å².